The van der Waals surface area contributed by atoms with Gasteiger partial charge in [0.05, 0.1) is 0 Å². The summed E-state index contributed by atoms with van der Waals surface area (Å²) in [6.07, 6.45) is 0. The van der Waals surface area contributed by atoms with Crippen LogP contribution in [-0.4, -0.2) is 56.3 Å². The van der Waals surface area contributed by atoms with Crippen LogP contribution in [0.1, 0.15) is 0 Å². The van der Waals surface area contributed by atoms with Crippen LogP contribution in [-0.2, 0) is 14.6 Å². The average molecular weight is 182 g/mol. The summed E-state index contributed by atoms with van der Waals surface area (Å²) in [6, 6.07) is 0. The van der Waals surface area contributed by atoms with Gasteiger partial charge in [0.1, 0.15) is 0 Å². The van der Waals surface area contributed by atoms with Gasteiger partial charge in [-0.1, -0.05) is 13.6 Å². The molecule has 0 aliphatic heterocycles. The van der Waals surface area contributed by atoms with Crippen LogP contribution in [0.25, 0.3) is 0 Å². The summed E-state index contributed by atoms with van der Waals surface area (Å²) in [5, 5.41) is 0. The first-order valence-corrected chi connectivity index (χ1v) is 3.96. The zero-order valence-electron chi connectivity index (χ0n) is 5.22. The van der Waals surface area contributed by atoms with Crippen molar-refractivity contribution in [3.63, 3.8) is 0 Å². The van der Waals surface area contributed by atoms with Crippen LogP contribution < -0.4 is 0 Å². The van der Waals surface area contributed by atoms with Gasteiger partial charge in [-0.15, -0.1) is 0 Å². The summed E-state index contributed by atoms with van der Waals surface area (Å²) in [6.45, 7) is 3.44. The van der Waals surface area contributed by atoms with Gasteiger partial charge in [-0.3, -0.25) is 0 Å². The van der Waals surface area contributed by atoms with Crippen molar-refractivity contribution in [3.05, 3.63) is 6.75 Å². The van der Waals surface area contributed by atoms with Crippen molar-refractivity contribution >= 4 is 56.3 Å². The molecule has 0 rings (SSSR count). The normalized spacial score (nSPS) is 7.70. The minimum Gasteiger partial charge on any atom is -0.185 e. The molecule has 0 spiro atoms. The van der Waals surface area contributed by atoms with Crippen molar-refractivity contribution in [3.8, 4) is 0 Å². The standard InChI is InChI=1S/C2H3.BF3O3.K/c1-2;2-5-1(6-3)7-4;/h1H,2H2;;. The summed E-state index contributed by atoms with van der Waals surface area (Å²) in [4.78, 5) is 7.06. The topological polar surface area (TPSA) is 27.7 Å². The second kappa shape index (κ2) is 12.8. The van der Waals surface area contributed by atoms with E-state index in [1.807, 2.05) is 0.171 Å². The number of halogens is 3. The molecule has 0 fully saturated rings. The van der Waals surface area contributed by atoms with E-state index >= 15 is 0 Å². The molecule has 0 radical (unpaired) electrons. The van der Waals surface area contributed by atoms with Crippen LogP contribution >= 0.6 is 0 Å². The van der Waals surface area contributed by atoms with Gasteiger partial charge in [0.25, 0.3) is 0 Å². The van der Waals surface area contributed by atoms with Gasteiger partial charge in [0, 0.05) is 0 Å². The fourth-order valence-electron chi connectivity index (χ4n) is 0.0412. The summed E-state index contributed by atoms with van der Waals surface area (Å²) < 4.78 is 33.2. The third-order valence-corrected chi connectivity index (χ3v) is 0.218. The Morgan fingerprint density at radius 2 is 1.40 bits per heavy atom. The molecule has 0 aliphatic rings. The predicted octanol–water partition coefficient (Wildman–Crippen LogP) is 0.973. The van der Waals surface area contributed by atoms with Gasteiger partial charge in [0.15, 0.2) is 0 Å². The minimum absolute atomic E-state index is 0.868. The van der Waals surface area contributed by atoms with Crippen molar-refractivity contribution in [1.82, 2.24) is 0 Å². The molecule has 10 heavy (non-hydrogen) atoms. The van der Waals surface area contributed by atoms with E-state index < -0.39 is 7.32 Å². The van der Waals surface area contributed by atoms with E-state index in [0.29, 0.717) is 0 Å². The molecule has 0 bridgehead atoms. The van der Waals surface area contributed by atoms with Crippen LogP contribution in [0.4, 0.5) is 13.6 Å². The van der Waals surface area contributed by atoms with E-state index in [1.54, 1.807) is 0 Å². The predicted molar refractivity (Wildman–Crippen MR) is 28.3 cm³/mol. The van der Waals surface area contributed by atoms with Gasteiger partial charge in [-0.05, 0) is 0 Å². The summed E-state index contributed by atoms with van der Waals surface area (Å²) in [7, 11) is -2.51. The SMILES string of the molecule is C=[CH][K].FOB(OF)OF. The molecule has 0 N–H and O–H groups in total. The van der Waals surface area contributed by atoms with Crippen molar-refractivity contribution in [2.45, 2.75) is 0 Å². The van der Waals surface area contributed by atoms with Crippen LogP contribution in [0, 0.1) is 0 Å². The van der Waals surface area contributed by atoms with Crippen molar-refractivity contribution in [2.24, 2.45) is 0 Å². The van der Waals surface area contributed by atoms with E-state index in [2.05, 4.69) is 21.2 Å². The molecule has 3 nitrogen and oxygen atoms in total. The fourth-order valence-corrected chi connectivity index (χ4v) is 0.0412. The maximum absolute atomic E-state index is 10.4. The molecule has 0 aromatic heterocycles. The Bertz CT molecular complexity index is 67.3. The third-order valence-electron chi connectivity index (χ3n) is 0.218. The molecule has 0 atom stereocenters. The maximum atomic E-state index is 10.4. The minimum atomic E-state index is -2.51. The third kappa shape index (κ3) is 11.9. The second-order valence-electron chi connectivity index (χ2n) is 0.964. The molecule has 0 saturated carbocycles. The van der Waals surface area contributed by atoms with Crippen molar-refractivity contribution in [1.29, 1.82) is 0 Å². The molecule has 0 aromatic rings. The van der Waals surface area contributed by atoms with Gasteiger partial charge >= 0.3 is 63.0 Å². The first kappa shape index (κ1) is 13.7. The Morgan fingerprint density at radius 1 is 1.20 bits per heavy atom. The molecule has 0 unspecified atom stereocenters. The summed E-state index contributed by atoms with van der Waals surface area (Å²) in [5.41, 5.74) is 0. The number of hydrogen-bond acceptors (Lipinski definition) is 3. The Morgan fingerprint density at radius 3 is 1.40 bits per heavy atom. The van der Waals surface area contributed by atoms with Gasteiger partial charge in [-0.25, -0.2) is 0 Å². The number of rotatable bonds is 3. The molecular formula is C2H3BF3KO3. The summed E-state index contributed by atoms with van der Waals surface area (Å²) in [5.74, 6) is 0. The monoisotopic (exact) mass is 182 g/mol. The molecule has 8 heteroatoms. The van der Waals surface area contributed by atoms with Crippen molar-refractivity contribution < 1.29 is 28.2 Å². The van der Waals surface area contributed by atoms with E-state index in [0.717, 1.165) is 49.0 Å². The van der Waals surface area contributed by atoms with Crippen LogP contribution in [0.5, 0.6) is 0 Å². The maximum Gasteiger partial charge on any atom is 0.737 e. The number of hydrogen-bond donors (Lipinski definition) is 0. The first-order chi connectivity index (χ1) is 4.76. The molecule has 54 valence electrons. The van der Waals surface area contributed by atoms with E-state index in [9.17, 15) is 13.6 Å². The van der Waals surface area contributed by atoms with Gasteiger partial charge in [-0.2, -0.15) is 14.6 Å². The smallest absolute Gasteiger partial charge is 0.185 e. The zero-order valence-corrected chi connectivity index (χ0v) is 8.34. The van der Waals surface area contributed by atoms with E-state index in [-0.39, 0.29) is 0 Å². The fraction of sp³-hybridized carbons (Fsp3) is 0. The van der Waals surface area contributed by atoms with Crippen LogP contribution in [0.15, 0.2) is 6.75 Å². The van der Waals surface area contributed by atoms with E-state index in [1.165, 1.54) is 0 Å². The van der Waals surface area contributed by atoms with E-state index in [4.69, 9.17) is 0 Å². The molecule has 0 heterocycles. The van der Waals surface area contributed by atoms with Gasteiger partial charge in [0.2, 0.25) is 0 Å². The zero-order chi connectivity index (χ0) is 8.41. The van der Waals surface area contributed by atoms with Gasteiger partial charge < -0.3 is 0 Å². The molecular weight excluding hydrogens is 179 g/mol. The average Bonchev–Trinajstić information content (AvgIpc) is 1.93. The van der Waals surface area contributed by atoms with Crippen molar-refractivity contribution in [2.75, 3.05) is 0 Å². The Labute approximate surface area is 90.0 Å². The Kier molecular flexibility index (Phi) is 17.5. The molecule has 0 aromatic carbocycles. The first-order valence-electron chi connectivity index (χ1n) is 2.16. The van der Waals surface area contributed by atoms with Crippen LogP contribution in [0.2, 0.25) is 0 Å². The quantitative estimate of drug-likeness (QED) is 0.608. The Hall–Kier alpha value is 1.11. The molecule has 0 saturated heterocycles. The summed E-state index contributed by atoms with van der Waals surface area (Å²) >= 11 is 0.868. The molecule has 0 aliphatic carbocycles. The van der Waals surface area contributed by atoms with Crippen LogP contribution in [0.3, 0.4) is 0 Å². The Balaban J connectivity index is 0. The molecule has 0 amide bonds. The second-order valence-corrected chi connectivity index (χ2v) is 2.24. The largest absolute Gasteiger partial charge is 0.737 e.